The van der Waals surface area contributed by atoms with Gasteiger partial charge in [0.25, 0.3) is 0 Å². The van der Waals surface area contributed by atoms with Crippen LogP contribution in [0.5, 0.6) is 0 Å². The van der Waals surface area contributed by atoms with Crippen molar-refractivity contribution >= 4 is 11.8 Å². The van der Waals surface area contributed by atoms with Gasteiger partial charge in [-0.1, -0.05) is 6.92 Å². The number of likely N-dealkylation sites (tertiary alicyclic amines) is 1. The zero-order valence-electron chi connectivity index (χ0n) is 12.7. The van der Waals surface area contributed by atoms with E-state index in [2.05, 4.69) is 5.32 Å². The molecule has 0 aliphatic carbocycles. The number of nitrogens with one attached hydrogen (secondary N) is 1. The summed E-state index contributed by atoms with van der Waals surface area (Å²) in [5, 5.41) is 2.84. The van der Waals surface area contributed by atoms with Crippen molar-refractivity contribution in [3.63, 3.8) is 0 Å². The van der Waals surface area contributed by atoms with E-state index in [-0.39, 0.29) is 29.7 Å². The molecule has 2 amide bonds. The lowest BCUT2D eigenvalue weighted by molar-refractivity contribution is -0.141. The summed E-state index contributed by atoms with van der Waals surface area (Å²) in [6.07, 6.45) is 1.67. The molecule has 1 saturated heterocycles. The highest BCUT2D eigenvalue weighted by molar-refractivity contribution is 5.82. The molecule has 0 aromatic heterocycles. The number of carbonyl (C=O) groups excluding carboxylic acids is 2. The summed E-state index contributed by atoms with van der Waals surface area (Å²) in [6, 6.07) is 0.180. The van der Waals surface area contributed by atoms with Gasteiger partial charge in [-0.3, -0.25) is 9.59 Å². The van der Waals surface area contributed by atoms with Crippen molar-refractivity contribution in [3.05, 3.63) is 0 Å². The Morgan fingerprint density at radius 3 is 2.75 bits per heavy atom. The highest BCUT2D eigenvalue weighted by atomic mass is 16.5. The summed E-state index contributed by atoms with van der Waals surface area (Å²) in [5.74, 6) is -0.258. The molecule has 1 fully saturated rings. The first kappa shape index (κ1) is 16.9. The van der Waals surface area contributed by atoms with E-state index in [0.29, 0.717) is 26.2 Å². The Morgan fingerprint density at radius 1 is 1.45 bits per heavy atom. The highest BCUT2D eigenvalue weighted by Gasteiger charge is 2.33. The molecule has 1 heterocycles. The van der Waals surface area contributed by atoms with Gasteiger partial charge >= 0.3 is 0 Å². The molecule has 20 heavy (non-hydrogen) atoms. The minimum atomic E-state index is -0.187. The molecule has 0 aromatic carbocycles. The van der Waals surface area contributed by atoms with Gasteiger partial charge in [0.15, 0.2) is 0 Å². The van der Waals surface area contributed by atoms with Crippen molar-refractivity contribution in [2.24, 2.45) is 17.6 Å². The number of methoxy groups -OCH3 is 1. The monoisotopic (exact) mass is 285 g/mol. The lowest BCUT2D eigenvalue weighted by Crippen LogP contribution is -2.51. The Hall–Kier alpha value is -1.14. The van der Waals surface area contributed by atoms with Crippen LogP contribution in [0.2, 0.25) is 0 Å². The first-order chi connectivity index (χ1) is 9.51. The molecular formula is C14H27N3O3. The van der Waals surface area contributed by atoms with E-state index in [1.807, 2.05) is 18.7 Å². The van der Waals surface area contributed by atoms with E-state index in [0.717, 1.165) is 12.8 Å². The quantitative estimate of drug-likeness (QED) is 0.671. The maximum atomic E-state index is 12.3. The summed E-state index contributed by atoms with van der Waals surface area (Å²) in [6.45, 7) is 5.70. The van der Waals surface area contributed by atoms with Crippen molar-refractivity contribution in [2.75, 3.05) is 33.4 Å². The standard InChI is InChI=1S/C14H27N3O3/c1-10(8-15)14(19)17-9-12(5-4-11(17)2)13(18)16-6-7-20-3/h10-12H,4-9,15H2,1-3H3,(H,16,18). The summed E-state index contributed by atoms with van der Waals surface area (Å²) in [7, 11) is 1.60. The van der Waals surface area contributed by atoms with Crippen molar-refractivity contribution in [1.29, 1.82) is 0 Å². The summed E-state index contributed by atoms with van der Waals surface area (Å²) >= 11 is 0. The minimum Gasteiger partial charge on any atom is -0.383 e. The third kappa shape index (κ3) is 4.45. The van der Waals surface area contributed by atoms with E-state index in [1.54, 1.807) is 7.11 Å². The van der Waals surface area contributed by atoms with Crippen molar-refractivity contribution < 1.29 is 14.3 Å². The molecule has 1 rings (SSSR count). The van der Waals surface area contributed by atoms with Crippen LogP contribution in [0.25, 0.3) is 0 Å². The Bertz CT molecular complexity index is 336. The number of hydrogen-bond donors (Lipinski definition) is 2. The molecule has 3 N–H and O–H groups in total. The maximum absolute atomic E-state index is 12.3. The highest BCUT2D eigenvalue weighted by Crippen LogP contribution is 2.23. The van der Waals surface area contributed by atoms with Crippen LogP contribution in [0, 0.1) is 11.8 Å². The molecule has 3 unspecified atom stereocenters. The van der Waals surface area contributed by atoms with Crippen molar-refractivity contribution in [1.82, 2.24) is 10.2 Å². The second kappa shape index (κ2) is 8.21. The number of piperidine rings is 1. The molecule has 0 spiro atoms. The van der Waals surface area contributed by atoms with E-state index in [4.69, 9.17) is 10.5 Å². The third-order valence-corrected chi connectivity index (χ3v) is 3.92. The fraction of sp³-hybridized carbons (Fsp3) is 0.857. The normalized spacial score (nSPS) is 24.3. The predicted octanol–water partition coefficient (Wildman–Crippen LogP) is -0.0291. The molecule has 1 aliphatic rings. The second-order valence-electron chi connectivity index (χ2n) is 5.53. The van der Waals surface area contributed by atoms with Gasteiger partial charge in [-0.2, -0.15) is 0 Å². The molecule has 116 valence electrons. The van der Waals surface area contributed by atoms with Gasteiger partial charge in [0.1, 0.15) is 0 Å². The maximum Gasteiger partial charge on any atom is 0.226 e. The molecular weight excluding hydrogens is 258 g/mol. The SMILES string of the molecule is COCCNC(=O)C1CCC(C)N(C(=O)C(C)CN)C1. The molecule has 3 atom stereocenters. The first-order valence-corrected chi connectivity index (χ1v) is 7.28. The Morgan fingerprint density at radius 2 is 2.15 bits per heavy atom. The zero-order chi connectivity index (χ0) is 15.1. The first-order valence-electron chi connectivity index (χ1n) is 7.28. The van der Waals surface area contributed by atoms with Crippen molar-refractivity contribution in [3.8, 4) is 0 Å². The van der Waals surface area contributed by atoms with Crippen LogP contribution in [-0.2, 0) is 14.3 Å². The molecule has 0 saturated carbocycles. The molecule has 1 aliphatic heterocycles. The molecule has 0 bridgehead atoms. The summed E-state index contributed by atoms with van der Waals surface area (Å²) < 4.78 is 4.91. The van der Waals surface area contributed by atoms with Gasteiger partial charge in [0.05, 0.1) is 12.5 Å². The van der Waals surface area contributed by atoms with Gasteiger partial charge in [-0.25, -0.2) is 0 Å². The topological polar surface area (TPSA) is 84.7 Å². The predicted molar refractivity (Wildman–Crippen MR) is 77.0 cm³/mol. The Labute approximate surface area is 121 Å². The summed E-state index contributed by atoms with van der Waals surface area (Å²) in [4.78, 5) is 26.1. The molecule has 6 heteroatoms. The average Bonchev–Trinajstić information content (AvgIpc) is 2.46. The van der Waals surface area contributed by atoms with Gasteiger partial charge in [-0.05, 0) is 19.8 Å². The van der Waals surface area contributed by atoms with Gasteiger partial charge in [0, 0.05) is 38.7 Å². The van der Waals surface area contributed by atoms with Crippen LogP contribution in [0.1, 0.15) is 26.7 Å². The molecule has 6 nitrogen and oxygen atoms in total. The largest absolute Gasteiger partial charge is 0.383 e. The van der Waals surface area contributed by atoms with E-state index < -0.39 is 0 Å². The number of nitrogens with zero attached hydrogens (tertiary/aromatic N) is 1. The third-order valence-electron chi connectivity index (χ3n) is 3.92. The van der Waals surface area contributed by atoms with Crippen LogP contribution in [-0.4, -0.2) is 56.1 Å². The van der Waals surface area contributed by atoms with Crippen LogP contribution in [0.15, 0.2) is 0 Å². The van der Waals surface area contributed by atoms with Crippen molar-refractivity contribution in [2.45, 2.75) is 32.7 Å². The minimum absolute atomic E-state index is 0.00662. The lowest BCUT2D eigenvalue weighted by Gasteiger charge is -2.38. The fourth-order valence-corrected chi connectivity index (χ4v) is 2.43. The zero-order valence-corrected chi connectivity index (χ0v) is 12.7. The van der Waals surface area contributed by atoms with Crippen LogP contribution in [0.3, 0.4) is 0 Å². The van der Waals surface area contributed by atoms with Gasteiger partial charge in [0.2, 0.25) is 11.8 Å². The Balaban J connectivity index is 2.56. The number of rotatable bonds is 6. The van der Waals surface area contributed by atoms with Crippen LogP contribution >= 0.6 is 0 Å². The van der Waals surface area contributed by atoms with E-state index in [9.17, 15) is 9.59 Å². The van der Waals surface area contributed by atoms with E-state index in [1.165, 1.54) is 0 Å². The lowest BCUT2D eigenvalue weighted by atomic mass is 9.91. The molecule has 0 aromatic rings. The summed E-state index contributed by atoms with van der Waals surface area (Å²) in [5.41, 5.74) is 5.56. The van der Waals surface area contributed by atoms with Crippen LogP contribution < -0.4 is 11.1 Å². The number of carbonyl (C=O) groups is 2. The smallest absolute Gasteiger partial charge is 0.226 e. The average molecular weight is 285 g/mol. The fourth-order valence-electron chi connectivity index (χ4n) is 2.43. The van der Waals surface area contributed by atoms with Crippen LogP contribution in [0.4, 0.5) is 0 Å². The number of nitrogens with two attached hydrogens (primary N) is 1. The second-order valence-corrected chi connectivity index (χ2v) is 5.53. The van der Waals surface area contributed by atoms with Gasteiger partial charge < -0.3 is 20.7 Å². The molecule has 0 radical (unpaired) electrons. The van der Waals surface area contributed by atoms with Gasteiger partial charge in [-0.15, -0.1) is 0 Å². The Kier molecular flexibility index (Phi) is 6.95. The number of ether oxygens (including phenoxy) is 1. The number of hydrogen-bond acceptors (Lipinski definition) is 4. The number of amides is 2. The van der Waals surface area contributed by atoms with E-state index >= 15 is 0 Å².